The molecule has 0 bridgehead atoms. The highest BCUT2D eigenvalue weighted by Crippen LogP contribution is 2.14. The topological polar surface area (TPSA) is 52.1 Å². The van der Waals surface area contributed by atoms with E-state index in [1.807, 2.05) is 0 Å². The lowest BCUT2D eigenvalue weighted by Gasteiger charge is -2.33. The van der Waals surface area contributed by atoms with Crippen molar-refractivity contribution in [2.45, 2.75) is 38.5 Å². The van der Waals surface area contributed by atoms with E-state index in [2.05, 4.69) is 64.7 Å². The van der Waals surface area contributed by atoms with E-state index in [9.17, 15) is 0 Å². The van der Waals surface area contributed by atoms with E-state index in [4.69, 9.17) is 9.73 Å². The molecule has 1 aromatic carbocycles. The van der Waals surface area contributed by atoms with Crippen LogP contribution in [0.15, 0.2) is 35.3 Å². The molecule has 0 spiro atoms. The zero-order valence-corrected chi connectivity index (χ0v) is 16.9. The zero-order valence-electron chi connectivity index (χ0n) is 16.9. The van der Waals surface area contributed by atoms with Gasteiger partial charge >= 0.3 is 0 Å². The summed E-state index contributed by atoms with van der Waals surface area (Å²) in [6, 6.07) is 11.2. The number of likely N-dealkylation sites (N-methyl/N-ethyl adjacent to an activating group) is 1. The van der Waals surface area contributed by atoms with Crippen molar-refractivity contribution < 1.29 is 4.74 Å². The number of ether oxygens (including phenoxy) is 1. The molecular formula is C21H35N5O. The van der Waals surface area contributed by atoms with E-state index in [0.29, 0.717) is 12.6 Å². The molecule has 27 heavy (non-hydrogen) atoms. The first-order valence-electron chi connectivity index (χ1n) is 10.3. The van der Waals surface area contributed by atoms with Crippen LogP contribution in [0.5, 0.6) is 0 Å². The minimum atomic E-state index is 0.201. The summed E-state index contributed by atoms with van der Waals surface area (Å²) in [7, 11) is 2.14. The van der Waals surface area contributed by atoms with Crippen molar-refractivity contribution in [1.82, 2.24) is 20.4 Å². The lowest BCUT2D eigenvalue weighted by Crippen LogP contribution is -2.49. The predicted octanol–water partition coefficient (Wildman–Crippen LogP) is 1.54. The molecule has 2 aliphatic heterocycles. The lowest BCUT2D eigenvalue weighted by molar-refractivity contribution is -0.0136. The van der Waals surface area contributed by atoms with E-state index >= 15 is 0 Å². The van der Waals surface area contributed by atoms with Crippen LogP contribution < -0.4 is 10.6 Å². The molecule has 1 unspecified atom stereocenters. The second-order valence-electron chi connectivity index (χ2n) is 7.66. The number of likely N-dealkylation sites (tertiary alicyclic amines) is 1. The van der Waals surface area contributed by atoms with Crippen molar-refractivity contribution >= 4 is 5.96 Å². The highest BCUT2D eigenvalue weighted by molar-refractivity contribution is 5.80. The van der Waals surface area contributed by atoms with Gasteiger partial charge in [0.1, 0.15) is 0 Å². The van der Waals surface area contributed by atoms with Crippen LogP contribution in [0.2, 0.25) is 0 Å². The standard InChI is InChI=1S/C21H35N5O/c1-3-22-21(23-15-20-17-25(2)13-14-27-20)24-19-9-11-26(12-10-19)16-18-7-5-4-6-8-18/h4-8,19-20H,3,9-17H2,1-2H3,(H2,22,23,24). The SMILES string of the molecule is CCNC(=NCC1CN(C)CCO1)NC1CCN(Cc2ccccc2)CC1. The van der Waals surface area contributed by atoms with E-state index in [0.717, 1.165) is 64.7 Å². The van der Waals surface area contributed by atoms with E-state index in [1.165, 1.54) is 5.56 Å². The summed E-state index contributed by atoms with van der Waals surface area (Å²) >= 11 is 0. The van der Waals surface area contributed by atoms with Gasteiger partial charge in [-0.05, 0) is 32.4 Å². The Morgan fingerprint density at radius 3 is 2.67 bits per heavy atom. The van der Waals surface area contributed by atoms with Gasteiger partial charge in [-0.25, -0.2) is 0 Å². The second-order valence-corrected chi connectivity index (χ2v) is 7.66. The van der Waals surface area contributed by atoms with Crippen LogP contribution in [0.25, 0.3) is 0 Å². The normalized spacial score (nSPS) is 23.3. The van der Waals surface area contributed by atoms with Crippen LogP contribution in [-0.4, -0.2) is 80.8 Å². The lowest BCUT2D eigenvalue weighted by atomic mass is 10.0. The molecule has 1 aromatic rings. The number of aliphatic imine (C=N–C) groups is 1. The van der Waals surface area contributed by atoms with Gasteiger partial charge in [0, 0.05) is 45.3 Å². The van der Waals surface area contributed by atoms with Gasteiger partial charge < -0.3 is 20.3 Å². The third-order valence-corrected chi connectivity index (χ3v) is 5.32. The molecule has 2 fully saturated rings. The van der Waals surface area contributed by atoms with Crippen LogP contribution in [0.1, 0.15) is 25.3 Å². The summed E-state index contributed by atoms with van der Waals surface area (Å²) in [6.07, 6.45) is 2.51. The largest absolute Gasteiger partial charge is 0.374 e. The molecule has 6 heteroatoms. The molecule has 150 valence electrons. The minimum absolute atomic E-state index is 0.201. The maximum absolute atomic E-state index is 5.83. The van der Waals surface area contributed by atoms with Crippen molar-refractivity contribution in [3.05, 3.63) is 35.9 Å². The maximum atomic E-state index is 5.83. The van der Waals surface area contributed by atoms with Crippen molar-refractivity contribution in [2.24, 2.45) is 4.99 Å². The van der Waals surface area contributed by atoms with Gasteiger partial charge in [-0.2, -0.15) is 0 Å². The van der Waals surface area contributed by atoms with E-state index < -0.39 is 0 Å². The molecule has 0 aliphatic carbocycles. The highest BCUT2D eigenvalue weighted by Gasteiger charge is 2.21. The molecule has 0 saturated carbocycles. The number of piperidine rings is 1. The van der Waals surface area contributed by atoms with Gasteiger partial charge in [0.25, 0.3) is 0 Å². The molecule has 2 heterocycles. The minimum Gasteiger partial charge on any atom is -0.374 e. The van der Waals surface area contributed by atoms with Gasteiger partial charge in [0.05, 0.1) is 19.3 Å². The molecule has 0 aromatic heterocycles. The van der Waals surface area contributed by atoms with Crippen LogP contribution in [0.3, 0.4) is 0 Å². The molecule has 0 radical (unpaired) electrons. The number of hydrogen-bond acceptors (Lipinski definition) is 4. The van der Waals surface area contributed by atoms with Crippen molar-refractivity contribution in [1.29, 1.82) is 0 Å². The Bertz CT molecular complexity index is 571. The molecular weight excluding hydrogens is 338 g/mol. The number of hydrogen-bond donors (Lipinski definition) is 2. The average molecular weight is 374 g/mol. The Kier molecular flexibility index (Phi) is 7.93. The summed E-state index contributed by atoms with van der Waals surface area (Å²) in [4.78, 5) is 9.64. The Labute approximate surface area is 164 Å². The molecule has 2 aliphatic rings. The van der Waals surface area contributed by atoms with Crippen LogP contribution >= 0.6 is 0 Å². The molecule has 1 atom stereocenters. The maximum Gasteiger partial charge on any atom is 0.191 e. The smallest absolute Gasteiger partial charge is 0.191 e. The number of morpholine rings is 1. The third-order valence-electron chi connectivity index (χ3n) is 5.32. The van der Waals surface area contributed by atoms with Crippen molar-refractivity contribution in [2.75, 3.05) is 52.9 Å². The fraction of sp³-hybridized carbons (Fsp3) is 0.667. The van der Waals surface area contributed by atoms with Gasteiger partial charge in [0.2, 0.25) is 0 Å². The van der Waals surface area contributed by atoms with E-state index in [-0.39, 0.29) is 6.10 Å². The number of benzene rings is 1. The summed E-state index contributed by atoms with van der Waals surface area (Å²) < 4.78 is 5.83. The quantitative estimate of drug-likeness (QED) is 0.585. The zero-order chi connectivity index (χ0) is 18.9. The second kappa shape index (κ2) is 10.6. The molecule has 2 N–H and O–H groups in total. The van der Waals surface area contributed by atoms with Crippen LogP contribution in [-0.2, 0) is 11.3 Å². The van der Waals surface area contributed by atoms with Crippen LogP contribution in [0.4, 0.5) is 0 Å². The van der Waals surface area contributed by atoms with Crippen molar-refractivity contribution in [3.63, 3.8) is 0 Å². The third kappa shape index (κ3) is 6.79. The first-order valence-corrected chi connectivity index (χ1v) is 10.3. The molecule has 6 nitrogen and oxygen atoms in total. The number of nitrogens with zero attached hydrogens (tertiary/aromatic N) is 3. The van der Waals surface area contributed by atoms with Gasteiger partial charge in [0.15, 0.2) is 5.96 Å². The monoisotopic (exact) mass is 373 g/mol. The predicted molar refractivity (Wildman–Crippen MR) is 111 cm³/mol. The summed E-state index contributed by atoms with van der Waals surface area (Å²) in [6.45, 7) is 9.79. The highest BCUT2D eigenvalue weighted by atomic mass is 16.5. The Morgan fingerprint density at radius 2 is 1.96 bits per heavy atom. The molecule has 2 saturated heterocycles. The fourth-order valence-corrected chi connectivity index (χ4v) is 3.76. The van der Waals surface area contributed by atoms with Gasteiger partial charge in [-0.1, -0.05) is 30.3 Å². The summed E-state index contributed by atoms with van der Waals surface area (Å²) in [5, 5.41) is 7.02. The molecule has 0 amide bonds. The summed E-state index contributed by atoms with van der Waals surface area (Å²) in [5.74, 6) is 0.927. The molecule has 3 rings (SSSR count). The number of nitrogens with one attached hydrogen (secondary N) is 2. The fourth-order valence-electron chi connectivity index (χ4n) is 3.76. The Balaban J connectivity index is 1.44. The number of guanidine groups is 1. The first kappa shape index (κ1) is 20.1. The Hall–Kier alpha value is -1.63. The average Bonchev–Trinajstić information content (AvgIpc) is 2.69. The van der Waals surface area contributed by atoms with Crippen LogP contribution in [0, 0.1) is 0 Å². The van der Waals surface area contributed by atoms with Gasteiger partial charge in [-0.15, -0.1) is 0 Å². The van der Waals surface area contributed by atoms with Gasteiger partial charge in [-0.3, -0.25) is 9.89 Å². The summed E-state index contributed by atoms with van der Waals surface area (Å²) in [5.41, 5.74) is 1.40. The Morgan fingerprint density at radius 1 is 1.19 bits per heavy atom. The van der Waals surface area contributed by atoms with Crippen molar-refractivity contribution in [3.8, 4) is 0 Å². The van der Waals surface area contributed by atoms with E-state index in [1.54, 1.807) is 0 Å². The first-order chi connectivity index (χ1) is 13.2. The number of rotatable bonds is 6.